The van der Waals surface area contributed by atoms with E-state index in [0.717, 1.165) is 19.4 Å². The van der Waals surface area contributed by atoms with Crippen LogP contribution in [0.25, 0.3) is 0 Å². The van der Waals surface area contributed by atoms with Crippen molar-refractivity contribution in [1.82, 2.24) is 4.90 Å². The molecule has 5 heteroatoms. The monoisotopic (exact) mass is 183 g/mol. The topological polar surface area (TPSA) is 91.5 Å². The Morgan fingerprint density at radius 2 is 2.15 bits per heavy atom. The lowest BCUT2D eigenvalue weighted by Crippen LogP contribution is -2.46. The van der Waals surface area contributed by atoms with Crippen molar-refractivity contribution >= 4 is 11.9 Å². The van der Waals surface area contributed by atoms with Crippen molar-refractivity contribution in [3.63, 3.8) is 0 Å². The summed E-state index contributed by atoms with van der Waals surface area (Å²) in [5.74, 6) is 0.148. The van der Waals surface area contributed by atoms with Gasteiger partial charge in [0.25, 0.3) is 0 Å². The molecule has 0 amide bonds. The van der Waals surface area contributed by atoms with Gasteiger partial charge >= 0.3 is 0 Å². The Morgan fingerprint density at radius 1 is 1.46 bits per heavy atom. The number of hydrogen-bond acceptors (Lipinski definition) is 1. The van der Waals surface area contributed by atoms with Gasteiger partial charge in [-0.15, -0.1) is 0 Å². The predicted molar refractivity (Wildman–Crippen MR) is 53.6 cm³/mol. The van der Waals surface area contributed by atoms with Gasteiger partial charge in [-0.25, -0.2) is 0 Å². The van der Waals surface area contributed by atoms with E-state index < -0.39 is 0 Å². The second-order valence-corrected chi connectivity index (χ2v) is 3.39. The Morgan fingerprint density at radius 3 is 2.69 bits per heavy atom. The molecule has 0 bridgehead atoms. The van der Waals surface area contributed by atoms with Crippen molar-refractivity contribution in [2.45, 2.75) is 32.2 Å². The summed E-state index contributed by atoms with van der Waals surface area (Å²) in [5.41, 5.74) is 10.8. The van der Waals surface area contributed by atoms with Crippen molar-refractivity contribution in [3.8, 4) is 0 Å². The van der Waals surface area contributed by atoms with Gasteiger partial charge in [0.05, 0.1) is 0 Å². The van der Waals surface area contributed by atoms with Gasteiger partial charge in [0.15, 0.2) is 5.96 Å². The van der Waals surface area contributed by atoms with E-state index in [1.54, 1.807) is 0 Å². The third kappa shape index (κ3) is 2.61. The molecule has 13 heavy (non-hydrogen) atoms. The quantitative estimate of drug-likeness (QED) is 0.366. The molecule has 1 aliphatic rings. The lowest BCUT2D eigenvalue weighted by molar-refractivity contribution is 0.256. The van der Waals surface area contributed by atoms with Crippen LogP contribution in [0.4, 0.5) is 0 Å². The highest BCUT2D eigenvalue weighted by atomic mass is 15.3. The van der Waals surface area contributed by atoms with Gasteiger partial charge in [-0.3, -0.25) is 5.41 Å². The molecule has 74 valence electrons. The molecule has 0 aromatic carbocycles. The first-order valence-corrected chi connectivity index (χ1v) is 4.56. The molecule has 0 aromatic rings. The number of aliphatic imine (C=N–C) groups is 1. The second-order valence-electron chi connectivity index (χ2n) is 3.39. The fourth-order valence-corrected chi connectivity index (χ4v) is 1.63. The summed E-state index contributed by atoms with van der Waals surface area (Å²) in [6.07, 6.45) is 3.51. The van der Waals surface area contributed by atoms with Crippen LogP contribution >= 0.6 is 0 Å². The van der Waals surface area contributed by atoms with Crippen molar-refractivity contribution in [3.05, 3.63) is 0 Å². The number of nitrogens with two attached hydrogens (primary N) is 2. The Kier molecular flexibility index (Phi) is 3.11. The van der Waals surface area contributed by atoms with Gasteiger partial charge < -0.3 is 16.4 Å². The summed E-state index contributed by atoms with van der Waals surface area (Å²) in [6, 6.07) is 0.414. The van der Waals surface area contributed by atoms with Gasteiger partial charge in [-0.1, -0.05) is 0 Å². The van der Waals surface area contributed by atoms with E-state index >= 15 is 0 Å². The maximum atomic E-state index is 6.99. The molecule has 1 saturated heterocycles. The maximum absolute atomic E-state index is 6.99. The van der Waals surface area contributed by atoms with Crippen LogP contribution in [0.5, 0.6) is 0 Å². The molecule has 0 aliphatic carbocycles. The molecule has 1 aliphatic heterocycles. The first kappa shape index (κ1) is 9.83. The molecule has 0 spiro atoms. The van der Waals surface area contributed by atoms with Gasteiger partial charge in [-0.2, -0.15) is 4.99 Å². The van der Waals surface area contributed by atoms with Crippen LogP contribution < -0.4 is 11.5 Å². The van der Waals surface area contributed by atoms with Gasteiger partial charge in [0.1, 0.15) is 0 Å². The van der Waals surface area contributed by atoms with Crippen molar-refractivity contribution in [2.24, 2.45) is 16.5 Å². The summed E-state index contributed by atoms with van der Waals surface area (Å²) >= 11 is 0. The molecule has 0 aromatic heterocycles. The van der Waals surface area contributed by atoms with Crippen LogP contribution in [0, 0.1) is 5.41 Å². The van der Waals surface area contributed by atoms with Crippen molar-refractivity contribution < 1.29 is 0 Å². The lowest BCUT2D eigenvalue weighted by Gasteiger charge is -2.33. The molecule has 0 saturated carbocycles. The Hall–Kier alpha value is -1.26. The summed E-state index contributed by atoms with van der Waals surface area (Å²) in [7, 11) is 0. The predicted octanol–water partition coefficient (Wildman–Crippen LogP) is 0.0690. The van der Waals surface area contributed by atoms with E-state index in [-0.39, 0.29) is 5.96 Å². The van der Waals surface area contributed by atoms with E-state index in [1.807, 2.05) is 4.90 Å². The Balaban J connectivity index is 2.63. The molecule has 5 nitrogen and oxygen atoms in total. The summed E-state index contributed by atoms with van der Waals surface area (Å²) in [5, 5.41) is 6.99. The molecule has 1 heterocycles. The smallest absolute Gasteiger partial charge is 0.215 e. The minimum Gasteiger partial charge on any atom is -0.369 e. The molecule has 0 radical (unpaired) electrons. The van der Waals surface area contributed by atoms with Crippen molar-refractivity contribution in [2.75, 3.05) is 6.54 Å². The standard InChI is InChI=1S/C8H17N5/c1-6-4-2-3-5-13(6)8(11)12-7(9)10/h6H,2-5H2,1H3,(H5,9,10,11,12). The van der Waals surface area contributed by atoms with Crippen LogP contribution in [0.15, 0.2) is 4.99 Å². The van der Waals surface area contributed by atoms with Gasteiger partial charge in [-0.05, 0) is 26.2 Å². The molecule has 1 fully saturated rings. The third-order valence-electron chi connectivity index (χ3n) is 2.33. The molecular weight excluding hydrogens is 166 g/mol. The van der Waals surface area contributed by atoms with Crippen LogP contribution in [-0.4, -0.2) is 29.4 Å². The Labute approximate surface area is 78.3 Å². The van der Waals surface area contributed by atoms with Crippen molar-refractivity contribution in [1.29, 1.82) is 5.41 Å². The zero-order valence-corrected chi connectivity index (χ0v) is 7.95. The summed E-state index contributed by atoms with van der Waals surface area (Å²) < 4.78 is 0. The number of nitrogens with one attached hydrogen (secondary N) is 1. The van der Waals surface area contributed by atoms with E-state index in [9.17, 15) is 0 Å². The molecule has 1 unspecified atom stereocenters. The maximum Gasteiger partial charge on any atom is 0.215 e. The zero-order chi connectivity index (χ0) is 9.84. The highest BCUT2D eigenvalue weighted by Gasteiger charge is 2.19. The van der Waals surface area contributed by atoms with Crippen LogP contribution in [0.3, 0.4) is 0 Å². The first-order valence-electron chi connectivity index (χ1n) is 4.56. The highest BCUT2D eigenvalue weighted by Crippen LogP contribution is 2.15. The normalized spacial score (nSPS) is 24.5. The number of guanidine groups is 2. The SMILES string of the molecule is CC1CCCCN1/C(N)=N/C(=N)N. The van der Waals surface area contributed by atoms with Crippen LogP contribution in [-0.2, 0) is 0 Å². The number of piperidine rings is 1. The Bertz CT molecular complexity index is 223. The second kappa shape index (κ2) is 4.11. The van der Waals surface area contributed by atoms with E-state index in [2.05, 4.69) is 11.9 Å². The number of likely N-dealkylation sites (tertiary alicyclic amines) is 1. The minimum absolute atomic E-state index is 0.227. The fourth-order valence-electron chi connectivity index (χ4n) is 1.63. The first-order chi connectivity index (χ1) is 6.11. The average molecular weight is 183 g/mol. The number of rotatable bonds is 0. The zero-order valence-electron chi connectivity index (χ0n) is 7.95. The molecular formula is C8H17N5. The minimum atomic E-state index is -0.227. The molecule has 5 N–H and O–H groups in total. The summed E-state index contributed by atoms with van der Waals surface area (Å²) in [6.45, 7) is 3.03. The third-order valence-corrected chi connectivity index (χ3v) is 2.33. The van der Waals surface area contributed by atoms with Gasteiger partial charge in [0.2, 0.25) is 5.96 Å². The number of hydrogen-bond donors (Lipinski definition) is 3. The van der Waals surface area contributed by atoms with Gasteiger partial charge in [0, 0.05) is 12.6 Å². The van der Waals surface area contributed by atoms with E-state index in [4.69, 9.17) is 16.9 Å². The molecule has 1 rings (SSSR count). The van der Waals surface area contributed by atoms with E-state index in [1.165, 1.54) is 6.42 Å². The van der Waals surface area contributed by atoms with Crippen LogP contribution in [0.2, 0.25) is 0 Å². The number of nitrogens with zero attached hydrogens (tertiary/aromatic N) is 2. The highest BCUT2D eigenvalue weighted by molar-refractivity contribution is 5.91. The fraction of sp³-hybridized carbons (Fsp3) is 0.750. The largest absolute Gasteiger partial charge is 0.369 e. The molecule has 1 atom stereocenters. The van der Waals surface area contributed by atoms with E-state index in [0.29, 0.717) is 12.0 Å². The van der Waals surface area contributed by atoms with Crippen LogP contribution in [0.1, 0.15) is 26.2 Å². The summed E-state index contributed by atoms with van der Waals surface area (Å²) in [4.78, 5) is 5.74. The lowest BCUT2D eigenvalue weighted by atomic mass is 10.0. The average Bonchev–Trinajstić information content (AvgIpc) is 2.03.